The zero-order valence-corrected chi connectivity index (χ0v) is 21.1. The molecule has 0 bridgehead atoms. The first-order valence-electron chi connectivity index (χ1n) is 10.7. The van der Waals surface area contributed by atoms with Crippen LogP contribution in [0.15, 0.2) is 65.6 Å². The fourth-order valence-corrected chi connectivity index (χ4v) is 5.25. The van der Waals surface area contributed by atoms with Gasteiger partial charge in [-0.15, -0.1) is 0 Å². The molecule has 1 amide bonds. The summed E-state index contributed by atoms with van der Waals surface area (Å²) < 4.78 is 28.1. The molecule has 0 saturated heterocycles. The Bertz CT molecular complexity index is 1250. The second-order valence-electron chi connectivity index (χ2n) is 8.38. The summed E-state index contributed by atoms with van der Waals surface area (Å²) in [6, 6.07) is 16.8. The van der Waals surface area contributed by atoms with Gasteiger partial charge in [-0.25, -0.2) is 8.42 Å². The number of aryl methyl sites for hydroxylation is 4. The van der Waals surface area contributed by atoms with Crippen LogP contribution in [0.4, 0.5) is 5.69 Å². The molecule has 0 unspecified atom stereocenters. The summed E-state index contributed by atoms with van der Waals surface area (Å²) in [5, 5.41) is 3.44. The Hall–Kier alpha value is -2.83. The molecule has 1 atom stereocenters. The van der Waals surface area contributed by atoms with Gasteiger partial charge in [0.15, 0.2) is 0 Å². The van der Waals surface area contributed by atoms with Gasteiger partial charge in [-0.3, -0.25) is 9.10 Å². The van der Waals surface area contributed by atoms with Gasteiger partial charge in [0.05, 0.1) is 16.6 Å². The molecule has 3 aromatic carbocycles. The smallest absolute Gasteiger partial charge is 0.264 e. The SMILES string of the molecule is Cc1ccc(S(=O)(=O)N(CC(=O)N[C@H](C)c2cc(C)c(C)cc2C)c2ccc(Cl)cc2)cc1. The molecule has 33 heavy (non-hydrogen) atoms. The van der Waals surface area contributed by atoms with Crippen LogP contribution in [-0.4, -0.2) is 20.9 Å². The van der Waals surface area contributed by atoms with E-state index >= 15 is 0 Å². The molecular formula is C26H29ClN2O3S. The summed E-state index contributed by atoms with van der Waals surface area (Å²) in [7, 11) is -3.97. The van der Waals surface area contributed by atoms with Gasteiger partial charge in [0.1, 0.15) is 6.54 Å². The van der Waals surface area contributed by atoms with E-state index in [4.69, 9.17) is 11.6 Å². The Morgan fingerprint density at radius 3 is 2.09 bits per heavy atom. The highest BCUT2D eigenvalue weighted by Gasteiger charge is 2.28. The van der Waals surface area contributed by atoms with Crippen LogP contribution in [0.5, 0.6) is 0 Å². The lowest BCUT2D eigenvalue weighted by atomic mass is 9.96. The Morgan fingerprint density at radius 2 is 1.48 bits per heavy atom. The Balaban J connectivity index is 1.90. The van der Waals surface area contributed by atoms with E-state index in [2.05, 4.69) is 24.4 Å². The third-order valence-electron chi connectivity index (χ3n) is 5.74. The van der Waals surface area contributed by atoms with Crippen LogP contribution in [0.2, 0.25) is 5.02 Å². The number of benzene rings is 3. The Labute approximate surface area is 201 Å². The van der Waals surface area contributed by atoms with Gasteiger partial charge in [-0.2, -0.15) is 0 Å². The average Bonchev–Trinajstić information content (AvgIpc) is 2.75. The van der Waals surface area contributed by atoms with E-state index in [1.807, 2.05) is 27.7 Å². The molecule has 7 heteroatoms. The summed E-state index contributed by atoms with van der Waals surface area (Å²) in [6.45, 7) is 9.52. The first-order valence-corrected chi connectivity index (χ1v) is 12.5. The standard InChI is InChI=1S/C26H29ClN2O3S/c1-17-6-12-24(13-7-17)33(31,32)29(23-10-8-22(27)9-11-23)16-26(30)28-21(5)25-15-19(3)18(2)14-20(25)4/h6-15,21H,16H2,1-5H3,(H,28,30)/t21-/m1/s1. The Morgan fingerprint density at radius 1 is 0.909 bits per heavy atom. The molecule has 0 saturated carbocycles. The molecule has 5 nitrogen and oxygen atoms in total. The summed E-state index contributed by atoms with van der Waals surface area (Å²) in [5.74, 6) is -0.397. The van der Waals surface area contributed by atoms with Crippen molar-refractivity contribution in [2.45, 2.75) is 45.6 Å². The number of anilines is 1. The van der Waals surface area contributed by atoms with Crippen molar-refractivity contribution in [2.75, 3.05) is 10.8 Å². The Kier molecular flexibility index (Phi) is 7.50. The van der Waals surface area contributed by atoms with E-state index < -0.39 is 15.9 Å². The quantitative estimate of drug-likeness (QED) is 0.471. The maximum atomic E-state index is 13.5. The molecule has 0 aliphatic carbocycles. The summed E-state index contributed by atoms with van der Waals surface area (Å²) in [5.41, 5.74) is 5.72. The number of nitrogens with one attached hydrogen (secondary N) is 1. The maximum absolute atomic E-state index is 13.5. The number of amides is 1. The van der Waals surface area contributed by atoms with Gasteiger partial charge < -0.3 is 5.32 Å². The lowest BCUT2D eigenvalue weighted by Crippen LogP contribution is -2.41. The monoisotopic (exact) mass is 484 g/mol. The highest BCUT2D eigenvalue weighted by Crippen LogP contribution is 2.26. The zero-order chi connectivity index (χ0) is 24.3. The van der Waals surface area contributed by atoms with E-state index in [9.17, 15) is 13.2 Å². The topological polar surface area (TPSA) is 66.5 Å². The summed E-state index contributed by atoms with van der Waals surface area (Å²) in [6.07, 6.45) is 0. The first kappa shape index (κ1) is 24.8. The van der Waals surface area contributed by atoms with Crippen molar-refractivity contribution in [1.29, 1.82) is 0 Å². The minimum absolute atomic E-state index is 0.119. The molecule has 174 valence electrons. The number of nitrogens with zero attached hydrogens (tertiary/aromatic N) is 1. The van der Waals surface area contributed by atoms with Gasteiger partial charge in [0.2, 0.25) is 5.91 Å². The lowest BCUT2D eigenvalue weighted by Gasteiger charge is -2.25. The number of carbonyl (C=O) groups excluding carboxylic acids is 1. The number of hydrogen-bond acceptors (Lipinski definition) is 3. The van der Waals surface area contributed by atoms with Crippen molar-refractivity contribution in [3.8, 4) is 0 Å². The fraction of sp³-hybridized carbons (Fsp3) is 0.269. The number of hydrogen-bond donors (Lipinski definition) is 1. The molecule has 0 heterocycles. The number of sulfonamides is 1. The highest BCUT2D eigenvalue weighted by molar-refractivity contribution is 7.92. The average molecular weight is 485 g/mol. The third kappa shape index (κ3) is 5.75. The maximum Gasteiger partial charge on any atom is 0.264 e. The van der Waals surface area contributed by atoms with Gasteiger partial charge in [0, 0.05) is 5.02 Å². The van der Waals surface area contributed by atoms with Crippen molar-refractivity contribution < 1.29 is 13.2 Å². The largest absolute Gasteiger partial charge is 0.348 e. The number of carbonyl (C=O) groups is 1. The molecular weight excluding hydrogens is 456 g/mol. The van der Waals surface area contributed by atoms with Crippen molar-refractivity contribution in [3.05, 3.63) is 93.5 Å². The van der Waals surface area contributed by atoms with Crippen LogP contribution in [0.3, 0.4) is 0 Å². The molecule has 0 radical (unpaired) electrons. The number of halogens is 1. The third-order valence-corrected chi connectivity index (χ3v) is 7.78. The van der Waals surface area contributed by atoms with E-state index in [1.165, 1.54) is 5.56 Å². The van der Waals surface area contributed by atoms with Crippen LogP contribution >= 0.6 is 11.6 Å². The molecule has 0 fully saturated rings. The highest BCUT2D eigenvalue weighted by atomic mass is 35.5. The minimum atomic E-state index is -3.97. The minimum Gasteiger partial charge on any atom is -0.348 e. The zero-order valence-electron chi connectivity index (χ0n) is 19.5. The predicted molar refractivity (Wildman–Crippen MR) is 134 cm³/mol. The number of rotatable bonds is 7. The molecule has 3 rings (SSSR count). The van der Waals surface area contributed by atoms with E-state index in [1.54, 1.807) is 48.5 Å². The molecule has 3 aromatic rings. The molecule has 0 aromatic heterocycles. The van der Waals surface area contributed by atoms with Crippen molar-refractivity contribution in [2.24, 2.45) is 0 Å². The molecule has 0 spiro atoms. The van der Waals surface area contributed by atoms with Crippen LogP contribution in [0, 0.1) is 27.7 Å². The van der Waals surface area contributed by atoms with E-state index in [0.717, 1.165) is 26.6 Å². The second kappa shape index (κ2) is 9.98. The fourth-order valence-electron chi connectivity index (χ4n) is 3.70. The molecule has 0 aliphatic heterocycles. The van der Waals surface area contributed by atoms with Crippen LogP contribution < -0.4 is 9.62 Å². The van der Waals surface area contributed by atoms with Crippen LogP contribution in [0.25, 0.3) is 0 Å². The first-order chi connectivity index (χ1) is 15.5. The van der Waals surface area contributed by atoms with Gasteiger partial charge >= 0.3 is 0 Å². The molecule has 1 N–H and O–H groups in total. The predicted octanol–water partition coefficient (Wildman–Crippen LogP) is 5.65. The van der Waals surface area contributed by atoms with Crippen molar-refractivity contribution in [3.63, 3.8) is 0 Å². The van der Waals surface area contributed by atoms with Crippen molar-refractivity contribution in [1.82, 2.24) is 5.32 Å². The lowest BCUT2D eigenvalue weighted by molar-refractivity contribution is -0.120. The van der Waals surface area contributed by atoms with Gasteiger partial charge in [0.25, 0.3) is 10.0 Å². The second-order valence-corrected chi connectivity index (χ2v) is 10.7. The van der Waals surface area contributed by atoms with Crippen LogP contribution in [-0.2, 0) is 14.8 Å². The van der Waals surface area contributed by atoms with Gasteiger partial charge in [-0.1, -0.05) is 41.4 Å². The van der Waals surface area contributed by atoms with E-state index in [-0.39, 0.29) is 17.5 Å². The molecule has 0 aliphatic rings. The van der Waals surface area contributed by atoms with Crippen molar-refractivity contribution >= 4 is 33.2 Å². The van der Waals surface area contributed by atoms with E-state index in [0.29, 0.717) is 10.7 Å². The van der Waals surface area contributed by atoms with Crippen LogP contribution in [0.1, 0.15) is 40.8 Å². The summed E-state index contributed by atoms with van der Waals surface area (Å²) in [4.78, 5) is 13.1. The normalized spacial score (nSPS) is 12.3. The summed E-state index contributed by atoms with van der Waals surface area (Å²) >= 11 is 6.00. The van der Waals surface area contributed by atoms with Gasteiger partial charge in [-0.05, 0) is 93.3 Å².